The van der Waals surface area contributed by atoms with Crippen LogP contribution < -0.4 is 5.32 Å². The highest BCUT2D eigenvalue weighted by atomic mass is 35.5. The molecule has 34 heavy (non-hydrogen) atoms. The van der Waals surface area contributed by atoms with E-state index in [4.69, 9.17) is 23.2 Å². The van der Waals surface area contributed by atoms with Crippen LogP contribution in [-0.4, -0.2) is 25.6 Å². The monoisotopic (exact) mass is 519 g/mol. The van der Waals surface area contributed by atoms with Gasteiger partial charge in [0.2, 0.25) is 0 Å². The number of hydrogen-bond acceptors (Lipinski definition) is 6. The third-order valence-corrected chi connectivity index (χ3v) is 6.57. The number of rotatable bonds is 10. The highest BCUT2D eigenvalue weighted by Crippen LogP contribution is 2.29. The smallest absolute Gasteiger partial charge is 0.269 e. The minimum absolute atomic E-state index is 0.00955. The fourth-order valence-electron chi connectivity index (χ4n) is 3.22. The lowest BCUT2D eigenvalue weighted by Gasteiger charge is -2.23. The summed E-state index contributed by atoms with van der Waals surface area (Å²) in [4.78, 5) is 23.4. The Morgan fingerprint density at radius 2 is 1.94 bits per heavy atom. The van der Waals surface area contributed by atoms with E-state index in [0.717, 1.165) is 5.56 Å². The first-order valence-corrected chi connectivity index (χ1v) is 12.1. The zero-order chi connectivity index (χ0) is 24.8. The number of amides is 1. The van der Waals surface area contributed by atoms with Crippen LogP contribution in [0.5, 0.6) is 0 Å². The highest BCUT2D eigenvalue weighted by molar-refractivity contribution is 7.98. The quantitative estimate of drug-likeness (QED) is 0.150. The summed E-state index contributed by atoms with van der Waals surface area (Å²) in [5.41, 5.74) is 1.28. The van der Waals surface area contributed by atoms with Gasteiger partial charge in [-0.2, -0.15) is 0 Å². The molecule has 0 spiro atoms. The summed E-state index contributed by atoms with van der Waals surface area (Å²) in [6, 6.07) is 10.7. The van der Waals surface area contributed by atoms with Crippen LogP contribution >= 0.6 is 35.0 Å². The van der Waals surface area contributed by atoms with Crippen molar-refractivity contribution in [2.45, 2.75) is 37.3 Å². The van der Waals surface area contributed by atoms with Gasteiger partial charge in [-0.05, 0) is 29.7 Å². The molecule has 2 aromatic carbocycles. The number of nitro benzene ring substituents is 1. The Balaban J connectivity index is 1.82. The van der Waals surface area contributed by atoms with Gasteiger partial charge in [-0.3, -0.25) is 14.9 Å². The number of non-ortho nitro benzene ring substituents is 1. The van der Waals surface area contributed by atoms with Crippen LogP contribution in [0.3, 0.4) is 0 Å². The molecule has 0 aliphatic carbocycles. The molecule has 0 bridgehead atoms. The molecule has 3 rings (SSSR count). The van der Waals surface area contributed by atoms with Gasteiger partial charge in [-0.15, -0.1) is 16.8 Å². The zero-order valence-corrected chi connectivity index (χ0v) is 20.9. The molecule has 0 aliphatic rings. The molecular weight excluding hydrogens is 497 g/mol. The zero-order valence-electron chi connectivity index (χ0n) is 18.6. The van der Waals surface area contributed by atoms with Crippen molar-refractivity contribution in [1.29, 1.82) is 0 Å². The van der Waals surface area contributed by atoms with Crippen molar-refractivity contribution in [3.63, 3.8) is 0 Å². The van der Waals surface area contributed by atoms with Gasteiger partial charge in [0, 0.05) is 29.5 Å². The van der Waals surface area contributed by atoms with E-state index in [1.807, 2.05) is 18.4 Å². The Morgan fingerprint density at radius 3 is 2.53 bits per heavy atom. The number of thioether (sulfide) groups is 1. The Morgan fingerprint density at radius 1 is 1.24 bits per heavy atom. The standard InChI is InChI=1S/C23H23Cl2N5O3S/c1-4-11-29-21(20(14(2)3)26-22(31)18-10-7-16(24)12-19(18)25)27-28-23(29)34-13-15-5-8-17(9-6-15)30(32)33/h4-10,12,14,20H,1,11,13H2,2-3H3,(H,26,31)/t20-/m0/s1. The number of allylic oxidation sites excluding steroid dienone is 1. The van der Waals surface area contributed by atoms with Gasteiger partial charge in [0.15, 0.2) is 11.0 Å². The summed E-state index contributed by atoms with van der Waals surface area (Å²) in [6.45, 7) is 8.23. The molecule has 0 aliphatic heterocycles. The predicted molar refractivity (Wildman–Crippen MR) is 134 cm³/mol. The van der Waals surface area contributed by atoms with Crippen LogP contribution in [0.25, 0.3) is 0 Å². The van der Waals surface area contributed by atoms with Crippen LogP contribution in [0.1, 0.15) is 41.6 Å². The van der Waals surface area contributed by atoms with E-state index in [1.54, 1.807) is 30.3 Å². The summed E-state index contributed by atoms with van der Waals surface area (Å²) in [6.07, 6.45) is 1.73. The topological polar surface area (TPSA) is 103 Å². The summed E-state index contributed by atoms with van der Waals surface area (Å²) >= 11 is 13.6. The molecule has 11 heteroatoms. The van der Waals surface area contributed by atoms with E-state index in [2.05, 4.69) is 22.1 Å². The number of halogens is 2. The second-order valence-electron chi connectivity index (χ2n) is 7.77. The molecule has 1 aromatic heterocycles. The van der Waals surface area contributed by atoms with Gasteiger partial charge in [-0.25, -0.2) is 0 Å². The molecule has 178 valence electrons. The van der Waals surface area contributed by atoms with E-state index in [-0.39, 0.29) is 22.5 Å². The van der Waals surface area contributed by atoms with Gasteiger partial charge >= 0.3 is 0 Å². The normalized spacial score (nSPS) is 11.9. The Kier molecular flexibility index (Phi) is 8.71. The van der Waals surface area contributed by atoms with Gasteiger partial charge in [0.1, 0.15) is 0 Å². The molecular formula is C23H23Cl2N5O3S. The lowest BCUT2D eigenvalue weighted by Crippen LogP contribution is -2.34. The number of carbonyl (C=O) groups excluding carboxylic acids is 1. The maximum atomic E-state index is 13.0. The van der Waals surface area contributed by atoms with Crippen molar-refractivity contribution >= 4 is 46.6 Å². The van der Waals surface area contributed by atoms with E-state index < -0.39 is 11.0 Å². The van der Waals surface area contributed by atoms with Crippen molar-refractivity contribution in [3.05, 3.63) is 92.2 Å². The molecule has 3 aromatic rings. The molecule has 8 nitrogen and oxygen atoms in total. The summed E-state index contributed by atoms with van der Waals surface area (Å²) in [5, 5.41) is 23.9. The van der Waals surface area contributed by atoms with Crippen molar-refractivity contribution < 1.29 is 9.72 Å². The number of nitro groups is 1. The third-order valence-electron chi connectivity index (χ3n) is 4.98. The predicted octanol–water partition coefficient (Wildman–Crippen LogP) is 6.10. The average molecular weight is 520 g/mol. The lowest BCUT2D eigenvalue weighted by molar-refractivity contribution is -0.384. The molecule has 0 fully saturated rings. The van der Waals surface area contributed by atoms with E-state index in [0.29, 0.717) is 33.9 Å². The van der Waals surface area contributed by atoms with E-state index in [1.165, 1.54) is 30.0 Å². The molecule has 0 saturated carbocycles. The van der Waals surface area contributed by atoms with Crippen molar-refractivity contribution in [3.8, 4) is 0 Å². The van der Waals surface area contributed by atoms with Crippen molar-refractivity contribution in [2.75, 3.05) is 0 Å². The van der Waals surface area contributed by atoms with Crippen LogP contribution in [0, 0.1) is 16.0 Å². The van der Waals surface area contributed by atoms with Gasteiger partial charge in [0.05, 0.1) is 21.6 Å². The second kappa shape index (κ2) is 11.5. The molecule has 0 saturated heterocycles. The maximum Gasteiger partial charge on any atom is 0.269 e. The number of nitrogens with zero attached hydrogens (tertiary/aromatic N) is 4. The maximum absolute atomic E-state index is 13.0. The number of nitrogens with one attached hydrogen (secondary N) is 1. The fraction of sp³-hybridized carbons (Fsp3) is 0.261. The Labute approximate surface area is 211 Å². The largest absolute Gasteiger partial charge is 0.342 e. The first-order chi connectivity index (χ1) is 16.2. The lowest BCUT2D eigenvalue weighted by atomic mass is 10.0. The first kappa shape index (κ1) is 25.7. The van der Waals surface area contributed by atoms with E-state index in [9.17, 15) is 14.9 Å². The average Bonchev–Trinajstić information content (AvgIpc) is 3.18. The molecule has 0 unspecified atom stereocenters. The summed E-state index contributed by atoms with van der Waals surface area (Å²) in [7, 11) is 0. The third kappa shape index (κ3) is 6.16. The van der Waals surface area contributed by atoms with Gasteiger partial charge in [0.25, 0.3) is 11.6 Å². The number of hydrogen-bond donors (Lipinski definition) is 1. The van der Waals surface area contributed by atoms with Crippen LogP contribution in [-0.2, 0) is 12.3 Å². The number of benzene rings is 2. The Bertz CT molecular complexity index is 1200. The van der Waals surface area contributed by atoms with Crippen LogP contribution in [0.2, 0.25) is 10.0 Å². The minimum atomic E-state index is -0.430. The number of carbonyl (C=O) groups is 1. The van der Waals surface area contributed by atoms with Crippen LogP contribution in [0.15, 0.2) is 60.3 Å². The Hall–Kier alpha value is -2.88. The molecule has 1 heterocycles. The van der Waals surface area contributed by atoms with Crippen molar-refractivity contribution in [1.82, 2.24) is 20.1 Å². The van der Waals surface area contributed by atoms with Crippen LogP contribution in [0.4, 0.5) is 5.69 Å². The van der Waals surface area contributed by atoms with Gasteiger partial charge in [-0.1, -0.05) is 67.0 Å². The van der Waals surface area contributed by atoms with Gasteiger partial charge < -0.3 is 9.88 Å². The van der Waals surface area contributed by atoms with E-state index >= 15 is 0 Å². The molecule has 1 N–H and O–H groups in total. The first-order valence-electron chi connectivity index (χ1n) is 10.4. The SMILES string of the molecule is C=CCn1c(SCc2ccc([N+](=O)[O-])cc2)nnc1[C@@H](NC(=O)c1ccc(Cl)cc1Cl)C(C)C. The number of aromatic nitrogens is 3. The van der Waals surface area contributed by atoms with Crippen molar-refractivity contribution in [2.24, 2.45) is 5.92 Å². The molecule has 1 atom stereocenters. The second-order valence-corrected chi connectivity index (χ2v) is 9.56. The minimum Gasteiger partial charge on any atom is -0.342 e. The fourth-order valence-corrected chi connectivity index (χ4v) is 4.63. The molecule has 1 amide bonds. The molecule has 0 radical (unpaired) electrons. The summed E-state index contributed by atoms with van der Waals surface area (Å²) in [5.74, 6) is 0.815. The highest BCUT2D eigenvalue weighted by Gasteiger charge is 2.27. The summed E-state index contributed by atoms with van der Waals surface area (Å²) < 4.78 is 1.90.